The molecule has 218 valence electrons. The minimum absolute atomic E-state index is 0.171. The van der Waals surface area contributed by atoms with E-state index in [-0.39, 0.29) is 11.8 Å². The zero-order chi connectivity index (χ0) is 30.2. The van der Waals surface area contributed by atoms with Gasteiger partial charge in [-0.25, -0.2) is 9.59 Å². The lowest BCUT2D eigenvalue weighted by atomic mass is 9.94. The van der Waals surface area contributed by atoms with Crippen LogP contribution in [0.1, 0.15) is 38.4 Å². The zero-order valence-corrected chi connectivity index (χ0v) is 25.5. The van der Waals surface area contributed by atoms with Crippen LogP contribution in [-0.4, -0.2) is 50.9 Å². The molecule has 0 saturated heterocycles. The number of methoxy groups -OCH3 is 1. The van der Waals surface area contributed by atoms with Crippen molar-refractivity contribution in [3.63, 3.8) is 0 Å². The molecular formula is C33H35ClN4O4. The summed E-state index contributed by atoms with van der Waals surface area (Å²) in [5.41, 5.74) is 6.30. The van der Waals surface area contributed by atoms with Gasteiger partial charge in [-0.3, -0.25) is 9.55 Å². The molecule has 0 atom stereocenters. The lowest BCUT2D eigenvalue weighted by Gasteiger charge is -2.30. The highest BCUT2D eigenvalue weighted by atomic mass is 35.5. The number of nitrogens with zero attached hydrogens (tertiary/aromatic N) is 4. The Bertz CT molecular complexity index is 1750. The minimum atomic E-state index is -0.556. The second-order valence-corrected chi connectivity index (χ2v) is 11.9. The molecule has 2 aromatic heterocycles. The number of carbonyl (C=O) groups excluding carboxylic acids is 1. The summed E-state index contributed by atoms with van der Waals surface area (Å²) < 4.78 is 14.6. The maximum Gasteiger partial charge on any atom is 0.410 e. The number of hydrogen-bond donors (Lipinski definition) is 0. The van der Waals surface area contributed by atoms with E-state index in [1.165, 1.54) is 9.13 Å². The third-order valence-corrected chi connectivity index (χ3v) is 7.41. The summed E-state index contributed by atoms with van der Waals surface area (Å²) in [6.45, 7) is 8.67. The van der Waals surface area contributed by atoms with Gasteiger partial charge in [0.1, 0.15) is 11.4 Å². The van der Waals surface area contributed by atoms with Gasteiger partial charge in [0.25, 0.3) is 0 Å². The van der Waals surface area contributed by atoms with Crippen LogP contribution in [0.3, 0.4) is 0 Å². The molecule has 0 radical (unpaired) electrons. The van der Waals surface area contributed by atoms with Crippen molar-refractivity contribution < 1.29 is 14.3 Å². The van der Waals surface area contributed by atoms with Gasteiger partial charge in [0.05, 0.1) is 30.1 Å². The summed E-state index contributed by atoms with van der Waals surface area (Å²) in [6, 6.07) is 13.8. The Kier molecular flexibility index (Phi) is 8.01. The first-order valence-corrected chi connectivity index (χ1v) is 14.2. The molecular weight excluding hydrogens is 552 g/mol. The van der Waals surface area contributed by atoms with E-state index in [1.54, 1.807) is 37.6 Å². The Morgan fingerprint density at radius 1 is 1.02 bits per heavy atom. The number of ether oxygens (including phenoxy) is 2. The first kappa shape index (κ1) is 29.2. The largest absolute Gasteiger partial charge is 0.495 e. The van der Waals surface area contributed by atoms with Gasteiger partial charge in [-0.15, -0.1) is 0 Å². The molecule has 0 aliphatic carbocycles. The fraction of sp³-hybridized carbons (Fsp3) is 0.303. The lowest BCUT2D eigenvalue weighted by Crippen LogP contribution is -2.39. The van der Waals surface area contributed by atoms with Crippen molar-refractivity contribution in [2.75, 3.05) is 20.2 Å². The highest BCUT2D eigenvalue weighted by Gasteiger charge is 2.25. The van der Waals surface area contributed by atoms with E-state index in [4.69, 9.17) is 21.1 Å². The molecule has 0 N–H and O–H groups in total. The van der Waals surface area contributed by atoms with Crippen molar-refractivity contribution in [2.45, 2.75) is 39.7 Å². The first-order valence-electron chi connectivity index (χ1n) is 13.8. The van der Waals surface area contributed by atoms with Crippen molar-refractivity contribution in [2.24, 2.45) is 7.05 Å². The van der Waals surface area contributed by atoms with Crippen LogP contribution in [0.25, 0.3) is 33.5 Å². The van der Waals surface area contributed by atoms with Gasteiger partial charge >= 0.3 is 11.8 Å². The van der Waals surface area contributed by atoms with Gasteiger partial charge in [0.2, 0.25) is 0 Å². The molecule has 0 saturated carbocycles. The molecule has 1 aliphatic heterocycles. The van der Waals surface area contributed by atoms with E-state index in [9.17, 15) is 9.59 Å². The third-order valence-electron chi connectivity index (χ3n) is 7.11. The maximum absolute atomic E-state index is 12.7. The fourth-order valence-corrected chi connectivity index (χ4v) is 5.40. The molecule has 9 heteroatoms. The Labute approximate surface area is 250 Å². The highest BCUT2D eigenvalue weighted by molar-refractivity contribution is 6.32. The van der Waals surface area contributed by atoms with Gasteiger partial charge < -0.3 is 18.9 Å². The molecule has 1 amide bonds. The second kappa shape index (κ2) is 11.5. The number of amides is 1. The zero-order valence-electron chi connectivity index (χ0n) is 24.8. The number of benzene rings is 2. The molecule has 0 fully saturated rings. The van der Waals surface area contributed by atoms with Gasteiger partial charge in [0, 0.05) is 43.3 Å². The molecule has 4 aromatic rings. The molecule has 8 nitrogen and oxygen atoms in total. The van der Waals surface area contributed by atoms with Crippen LogP contribution in [0.2, 0.25) is 5.02 Å². The van der Waals surface area contributed by atoms with Gasteiger partial charge in [-0.2, -0.15) is 0 Å². The van der Waals surface area contributed by atoms with Crippen molar-refractivity contribution in [1.82, 2.24) is 19.0 Å². The molecule has 5 rings (SSSR count). The van der Waals surface area contributed by atoms with E-state index in [0.717, 1.165) is 45.5 Å². The fourth-order valence-electron chi connectivity index (χ4n) is 5.12. The average Bonchev–Trinajstić information content (AvgIpc) is 3.29. The normalized spacial score (nSPS) is 13.6. The Morgan fingerprint density at radius 2 is 1.74 bits per heavy atom. The van der Waals surface area contributed by atoms with E-state index >= 15 is 0 Å². The smallest absolute Gasteiger partial charge is 0.410 e. The highest BCUT2D eigenvalue weighted by Crippen LogP contribution is 2.41. The summed E-state index contributed by atoms with van der Waals surface area (Å²) >= 11 is 6.70. The number of imidazole rings is 1. The summed E-state index contributed by atoms with van der Waals surface area (Å²) in [6.07, 6.45) is 7.71. The predicted octanol–water partition coefficient (Wildman–Crippen LogP) is 6.90. The van der Waals surface area contributed by atoms with Crippen LogP contribution >= 0.6 is 11.6 Å². The number of pyridine rings is 1. The van der Waals surface area contributed by atoms with E-state index < -0.39 is 5.60 Å². The van der Waals surface area contributed by atoms with E-state index in [1.807, 2.05) is 58.0 Å². The SMILES string of the molecule is COc1c(-c2ccnc(C3=CCCN(C(=O)OC(C)(C)C)C3)c2)cc(C)cc1-c1ccc(-n2ccn(C)c2=O)c(Cl)c1. The maximum atomic E-state index is 12.7. The quantitative estimate of drug-likeness (QED) is 0.254. The van der Waals surface area contributed by atoms with Gasteiger partial charge in [0.15, 0.2) is 0 Å². The van der Waals surface area contributed by atoms with Crippen molar-refractivity contribution in [3.8, 4) is 33.7 Å². The Hall–Kier alpha value is -4.30. The standard InChI is InChI=1S/C33H35ClN4O4/c1-21-16-25(22-9-10-29(27(34)18-22)38-15-14-36(5)31(38)39)30(41-6)26(17-21)23-11-12-35-28(19-23)24-8-7-13-37(20-24)32(40)42-33(2,3)4/h8-12,14-19H,7,13,20H2,1-6H3. The lowest BCUT2D eigenvalue weighted by molar-refractivity contribution is 0.0273. The molecule has 0 bridgehead atoms. The van der Waals surface area contributed by atoms with Crippen LogP contribution in [-0.2, 0) is 11.8 Å². The van der Waals surface area contributed by atoms with E-state index in [0.29, 0.717) is 29.5 Å². The monoisotopic (exact) mass is 586 g/mol. The first-order chi connectivity index (χ1) is 19.9. The van der Waals surface area contributed by atoms with Gasteiger partial charge in [-0.05, 0) is 92.8 Å². The van der Waals surface area contributed by atoms with Crippen molar-refractivity contribution in [1.29, 1.82) is 0 Å². The number of aromatic nitrogens is 3. The molecule has 42 heavy (non-hydrogen) atoms. The van der Waals surface area contributed by atoms with Gasteiger partial charge in [-0.1, -0.05) is 23.7 Å². The van der Waals surface area contributed by atoms with Crippen LogP contribution in [0.4, 0.5) is 4.79 Å². The Balaban J connectivity index is 1.50. The molecule has 0 unspecified atom stereocenters. The molecule has 2 aromatic carbocycles. The van der Waals surface area contributed by atoms with Crippen molar-refractivity contribution >= 4 is 23.3 Å². The van der Waals surface area contributed by atoms with Crippen LogP contribution in [0.15, 0.2) is 71.9 Å². The van der Waals surface area contributed by atoms with Crippen molar-refractivity contribution in [3.05, 3.63) is 93.9 Å². The number of rotatable bonds is 5. The van der Waals surface area contributed by atoms with Crippen LogP contribution < -0.4 is 10.4 Å². The molecule has 0 spiro atoms. The van der Waals surface area contributed by atoms with Crippen LogP contribution in [0.5, 0.6) is 5.75 Å². The summed E-state index contributed by atoms with van der Waals surface area (Å²) in [5.74, 6) is 0.700. The predicted molar refractivity (Wildman–Crippen MR) is 166 cm³/mol. The minimum Gasteiger partial charge on any atom is -0.495 e. The molecule has 3 heterocycles. The second-order valence-electron chi connectivity index (χ2n) is 11.5. The van der Waals surface area contributed by atoms with E-state index in [2.05, 4.69) is 23.2 Å². The summed E-state index contributed by atoms with van der Waals surface area (Å²) in [4.78, 5) is 31.6. The Morgan fingerprint density at radius 3 is 2.36 bits per heavy atom. The topological polar surface area (TPSA) is 78.6 Å². The molecule has 1 aliphatic rings. The summed E-state index contributed by atoms with van der Waals surface area (Å²) in [7, 11) is 3.36. The summed E-state index contributed by atoms with van der Waals surface area (Å²) in [5, 5.41) is 0.455. The number of carbonyl (C=O) groups is 1. The third kappa shape index (κ3) is 5.99. The number of halogens is 1. The van der Waals surface area contributed by atoms with Crippen LogP contribution in [0, 0.1) is 6.92 Å². The number of aryl methyl sites for hydroxylation is 2. The number of hydrogen-bond acceptors (Lipinski definition) is 5. The average molecular weight is 587 g/mol.